The van der Waals surface area contributed by atoms with Crippen LogP contribution in [-0.2, 0) is 0 Å². The van der Waals surface area contributed by atoms with E-state index in [1.165, 1.54) is 12.1 Å². The van der Waals surface area contributed by atoms with E-state index < -0.39 is 0 Å². The maximum Gasteiger partial charge on any atom is 0.230 e. The van der Waals surface area contributed by atoms with Gasteiger partial charge in [-0.25, -0.2) is 4.39 Å². The molecule has 0 N–H and O–H groups in total. The van der Waals surface area contributed by atoms with Crippen molar-refractivity contribution in [2.45, 2.75) is 6.42 Å². The van der Waals surface area contributed by atoms with E-state index in [0.717, 1.165) is 35.4 Å². The molecule has 4 heteroatoms. The highest BCUT2D eigenvalue weighted by molar-refractivity contribution is 5.85. The lowest BCUT2D eigenvalue weighted by atomic mass is 9.94. The number of fused-ring (bicyclic) bond motifs is 2. The quantitative estimate of drug-likeness (QED) is 0.857. The molecule has 0 aromatic heterocycles. The molecule has 0 radical (unpaired) electrons. The molecule has 0 saturated heterocycles. The largest absolute Gasteiger partial charge is 0.457 e. The van der Waals surface area contributed by atoms with Crippen molar-refractivity contribution in [2.24, 2.45) is 0 Å². The summed E-state index contributed by atoms with van der Waals surface area (Å²) in [5.74, 6) is 1.11. The maximum absolute atomic E-state index is 13.8. The fourth-order valence-electron chi connectivity index (χ4n) is 2.64. The first-order valence-electron chi connectivity index (χ1n) is 7.65. The average molecular weight is 313 g/mol. The summed E-state index contributed by atoms with van der Waals surface area (Å²) in [6, 6.07) is 12.4. The van der Waals surface area contributed by atoms with Crippen molar-refractivity contribution < 1.29 is 13.9 Å². The van der Waals surface area contributed by atoms with Crippen LogP contribution in [0.5, 0.6) is 11.5 Å². The zero-order chi connectivity index (χ0) is 16.2. The summed E-state index contributed by atoms with van der Waals surface area (Å²) >= 11 is 0. The van der Waals surface area contributed by atoms with Crippen LogP contribution in [-0.4, -0.2) is 32.3 Å². The first kappa shape index (κ1) is 15.6. The lowest BCUT2D eigenvalue weighted by molar-refractivity contribution is 0.118. The van der Waals surface area contributed by atoms with Crippen LogP contribution in [0.3, 0.4) is 0 Å². The third-order valence-corrected chi connectivity index (χ3v) is 3.76. The van der Waals surface area contributed by atoms with E-state index in [2.05, 4.69) is 11.0 Å². The van der Waals surface area contributed by atoms with Crippen LogP contribution < -0.4 is 9.47 Å². The van der Waals surface area contributed by atoms with Crippen LogP contribution in [0.4, 0.5) is 4.39 Å². The Morgan fingerprint density at radius 3 is 2.57 bits per heavy atom. The summed E-state index contributed by atoms with van der Waals surface area (Å²) in [4.78, 5) is 2.12. The molecule has 2 aromatic carbocycles. The Bertz CT molecular complexity index is 725. The molecule has 3 nitrogen and oxygen atoms in total. The van der Waals surface area contributed by atoms with E-state index in [9.17, 15) is 4.39 Å². The number of benzene rings is 2. The van der Waals surface area contributed by atoms with Gasteiger partial charge in [0.15, 0.2) is 0 Å². The van der Waals surface area contributed by atoms with Gasteiger partial charge in [-0.15, -0.1) is 0 Å². The summed E-state index contributed by atoms with van der Waals surface area (Å²) in [7, 11) is 4.06. The number of halogens is 1. The molecule has 3 rings (SSSR count). The fraction of sp³-hybridized carbons (Fsp3) is 0.263. The van der Waals surface area contributed by atoms with Crippen LogP contribution in [0, 0.1) is 5.82 Å². The summed E-state index contributed by atoms with van der Waals surface area (Å²) in [5.41, 5.74) is 2.66. The van der Waals surface area contributed by atoms with Gasteiger partial charge >= 0.3 is 0 Å². The van der Waals surface area contributed by atoms with Gasteiger partial charge in [-0.2, -0.15) is 0 Å². The van der Waals surface area contributed by atoms with Crippen molar-refractivity contribution in [2.75, 3.05) is 27.4 Å². The Hall–Kier alpha value is -2.33. The van der Waals surface area contributed by atoms with Gasteiger partial charge < -0.3 is 14.4 Å². The van der Waals surface area contributed by atoms with Gasteiger partial charge in [-0.1, -0.05) is 24.3 Å². The molecule has 23 heavy (non-hydrogen) atoms. The van der Waals surface area contributed by atoms with Crippen LogP contribution in [0.15, 0.2) is 48.5 Å². The maximum atomic E-state index is 13.8. The molecule has 0 fully saturated rings. The molecule has 0 saturated carbocycles. The Balaban J connectivity index is 2.11. The third-order valence-electron chi connectivity index (χ3n) is 3.76. The Kier molecular flexibility index (Phi) is 4.63. The predicted octanol–water partition coefficient (Wildman–Crippen LogP) is 3.94. The van der Waals surface area contributed by atoms with Gasteiger partial charge in [0.1, 0.15) is 17.3 Å². The summed E-state index contributed by atoms with van der Waals surface area (Å²) in [6.45, 7) is 1.03. The molecule has 1 aliphatic heterocycles. The number of ether oxygens (including phenoxy) is 2. The Morgan fingerprint density at radius 2 is 1.78 bits per heavy atom. The van der Waals surface area contributed by atoms with E-state index in [-0.39, 0.29) is 12.6 Å². The molecule has 1 heterocycles. The van der Waals surface area contributed by atoms with Crippen LogP contribution >= 0.6 is 0 Å². The number of hydrogen-bond acceptors (Lipinski definition) is 3. The highest BCUT2D eigenvalue weighted by Crippen LogP contribution is 2.38. The number of rotatable bonds is 3. The number of hydrogen-bond donors (Lipinski definition) is 0. The van der Waals surface area contributed by atoms with E-state index >= 15 is 0 Å². The molecule has 0 unspecified atom stereocenters. The number of nitrogens with zero attached hydrogens (tertiary/aromatic N) is 1. The van der Waals surface area contributed by atoms with E-state index in [1.54, 1.807) is 6.07 Å². The molecule has 0 atom stereocenters. The lowest BCUT2D eigenvalue weighted by Gasteiger charge is -2.21. The molecule has 0 aliphatic carbocycles. The molecule has 120 valence electrons. The van der Waals surface area contributed by atoms with Gasteiger partial charge in [0.2, 0.25) is 6.79 Å². The Labute approximate surface area is 136 Å². The van der Waals surface area contributed by atoms with Crippen LogP contribution in [0.1, 0.15) is 17.5 Å². The first-order chi connectivity index (χ1) is 11.1. The van der Waals surface area contributed by atoms with Gasteiger partial charge in [0.05, 0.1) is 0 Å². The van der Waals surface area contributed by atoms with Crippen LogP contribution in [0.25, 0.3) is 5.57 Å². The third kappa shape index (κ3) is 3.54. The zero-order valence-corrected chi connectivity index (χ0v) is 13.4. The zero-order valence-electron chi connectivity index (χ0n) is 13.4. The molecule has 0 spiro atoms. The highest BCUT2D eigenvalue weighted by Gasteiger charge is 2.18. The second-order valence-electron chi connectivity index (χ2n) is 5.75. The summed E-state index contributed by atoms with van der Waals surface area (Å²) in [6.07, 6.45) is 2.97. The first-order valence-corrected chi connectivity index (χ1v) is 7.65. The lowest BCUT2D eigenvalue weighted by Crippen LogP contribution is -2.13. The van der Waals surface area contributed by atoms with Gasteiger partial charge in [-0.05, 0) is 50.4 Å². The molecular formula is C19H20FNO2. The smallest absolute Gasteiger partial charge is 0.230 e. The Morgan fingerprint density at radius 1 is 1.04 bits per heavy atom. The minimum atomic E-state index is -0.273. The molecule has 0 bridgehead atoms. The summed E-state index contributed by atoms with van der Waals surface area (Å²) < 4.78 is 25.2. The standard InChI is InChI=1S/C19H20FNO2/c1-21(2)11-5-7-15-16-6-3-4-8-18(16)22-13-23-19-10-9-14(20)12-17(15)19/h3-4,6-10,12H,5,11,13H2,1-2H3. The average Bonchev–Trinajstić information content (AvgIpc) is 2.52. The minimum Gasteiger partial charge on any atom is -0.457 e. The van der Waals surface area contributed by atoms with Crippen molar-refractivity contribution in [1.82, 2.24) is 4.90 Å². The molecular weight excluding hydrogens is 293 g/mol. The van der Waals surface area contributed by atoms with Crippen LogP contribution in [0.2, 0.25) is 0 Å². The van der Waals surface area contributed by atoms with Crippen molar-refractivity contribution in [3.8, 4) is 11.5 Å². The monoisotopic (exact) mass is 313 g/mol. The molecule has 1 aliphatic rings. The SMILES string of the molecule is CN(C)CCC=C1c2ccccc2OCOc2ccc(F)cc21. The topological polar surface area (TPSA) is 21.7 Å². The summed E-state index contributed by atoms with van der Waals surface area (Å²) in [5, 5.41) is 0. The van der Waals surface area contributed by atoms with Gasteiger partial charge in [0.25, 0.3) is 0 Å². The van der Waals surface area contributed by atoms with Crippen molar-refractivity contribution in [3.63, 3.8) is 0 Å². The molecule has 0 amide bonds. The van der Waals surface area contributed by atoms with E-state index in [0.29, 0.717) is 5.75 Å². The van der Waals surface area contributed by atoms with Crippen molar-refractivity contribution >= 4 is 5.57 Å². The van der Waals surface area contributed by atoms with Gasteiger partial charge in [0, 0.05) is 17.7 Å². The second kappa shape index (κ2) is 6.84. The van der Waals surface area contributed by atoms with Gasteiger partial charge in [-0.3, -0.25) is 0 Å². The predicted molar refractivity (Wildman–Crippen MR) is 89.2 cm³/mol. The highest BCUT2D eigenvalue weighted by atomic mass is 19.1. The molecule has 2 aromatic rings. The van der Waals surface area contributed by atoms with E-state index in [1.807, 2.05) is 38.4 Å². The second-order valence-corrected chi connectivity index (χ2v) is 5.75. The normalized spacial score (nSPS) is 15.2. The minimum absolute atomic E-state index is 0.112. The van der Waals surface area contributed by atoms with Crippen molar-refractivity contribution in [3.05, 3.63) is 65.5 Å². The number of para-hydroxylation sites is 1. The fourth-order valence-corrected chi connectivity index (χ4v) is 2.64. The van der Waals surface area contributed by atoms with Crippen molar-refractivity contribution in [1.29, 1.82) is 0 Å². The van der Waals surface area contributed by atoms with E-state index in [4.69, 9.17) is 9.47 Å².